The number of hydrogen-bond acceptors (Lipinski definition) is 6. The number of rotatable bonds is 6. The van der Waals surface area contributed by atoms with Crippen molar-refractivity contribution in [3.63, 3.8) is 0 Å². The molecular weight excluding hydrogens is 352 g/mol. The molecule has 0 aliphatic carbocycles. The Morgan fingerprint density at radius 3 is 2.59 bits per heavy atom. The molecule has 0 unspecified atom stereocenters. The second-order valence-electron chi connectivity index (χ2n) is 5.95. The summed E-state index contributed by atoms with van der Waals surface area (Å²) in [5, 5.41) is 17.5. The predicted octanol–water partition coefficient (Wildman–Crippen LogP) is 2.45. The van der Waals surface area contributed by atoms with Crippen molar-refractivity contribution in [1.82, 2.24) is 9.78 Å². The maximum Gasteiger partial charge on any atom is 0.331 e. The number of nitrogens with one attached hydrogen (secondary N) is 1. The highest BCUT2D eigenvalue weighted by Crippen LogP contribution is 2.21. The number of aryl methyl sites for hydroxylation is 3. The lowest BCUT2D eigenvalue weighted by atomic mass is 10.2. The molecule has 0 aliphatic rings. The van der Waals surface area contributed by atoms with Gasteiger partial charge in [0.25, 0.3) is 11.6 Å². The minimum Gasteiger partial charge on any atom is -0.452 e. The number of ether oxygens (including phenoxy) is 1. The Labute approximate surface area is 155 Å². The van der Waals surface area contributed by atoms with E-state index in [2.05, 4.69) is 10.4 Å². The van der Waals surface area contributed by atoms with Gasteiger partial charge in [0.2, 0.25) is 0 Å². The first kappa shape index (κ1) is 19.8. The van der Waals surface area contributed by atoms with E-state index in [0.717, 1.165) is 17.0 Å². The molecule has 0 radical (unpaired) electrons. The maximum atomic E-state index is 11.9. The van der Waals surface area contributed by atoms with Gasteiger partial charge in [0.05, 0.1) is 10.6 Å². The highest BCUT2D eigenvalue weighted by molar-refractivity contribution is 5.95. The third-order valence-corrected chi connectivity index (χ3v) is 3.99. The van der Waals surface area contributed by atoms with Crippen LogP contribution in [-0.2, 0) is 21.4 Å². The van der Waals surface area contributed by atoms with Crippen LogP contribution in [0.1, 0.15) is 22.5 Å². The lowest BCUT2D eigenvalue weighted by Gasteiger charge is -2.08. The summed E-state index contributed by atoms with van der Waals surface area (Å²) < 4.78 is 6.62. The Morgan fingerprint density at radius 1 is 1.33 bits per heavy atom. The molecule has 2 aromatic rings. The van der Waals surface area contributed by atoms with E-state index in [-0.39, 0.29) is 5.69 Å². The molecule has 0 saturated heterocycles. The average Bonchev–Trinajstić information content (AvgIpc) is 2.85. The lowest BCUT2D eigenvalue weighted by Crippen LogP contribution is -2.20. The number of nitrogens with zero attached hydrogens (tertiary/aromatic N) is 3. The van der Waals surface area contributed by atoms with E-state index in [9.17, 15) is 19.7 Å². The van der Waals surface area contributed by atoms with Crippen LogP contribution < -0.4 is 5.32 Å². The molecule has 0 saturated carbocycles. The number of carbonyl (C=O) groups is 2. The molecule has 27 heavy (non-hydrogen) atoms. The normalized spacial score (nSPS) is 10.8. The average molecular weight is 372 g/mol. The van der Waals surface area contributed by atoms with Gasteiger partial charge in [0.15, 0.2) is 6.61 Å². The highest BCUT2D eigenvalue weighted by Gasteiger charge is 2.12. The third kappa shape index (κ3) is 5.00. The fraction of sp³-hybridized carbons (Fsp3) is 0.278. The molecule has 142 valence electrons. The summed E-state index contributed by atoms with van der Waals surface area (Å²) in [5.74, 6) is -1.20. The predicted molar refractivity (Wildman–Crippen MR) is 99.1 cm³/mol. The monoisotopic (exact) mass is 372 g/mol. The molecule has 0 atom stereocenters. The number of esters is 1. The van der Waals surface area contributed by atoms with Crippen molar-refractivity contribution >= 4 is 29.3 Å². The quantitative estimate of drug-likeness (QED) is 0.360. The first-order chi connectivity index (χ1) is 12.7. The van der Waals surface area contributed by atoms with E-state index in [1.54, 1.807) is 17.7 Å². The number of non-ortho nitro benzene ring substituents is 1. The van der Waals surface area contributed by atoms with Gasteiger partial charge in [-0.05, 0) is 38.5 Å². The fourth-order valence-corrected chi connectivity index (χ4v) is 2.46. The minimum atomic E-state index is -0.659. The summed E-state index contributed by atoms with van der Waals surface area (Å²) in [6.45, 7) is 4.88. The third-order valence-electron chi connectivity index (χ3n) is 3.99. The smallest absolute Gasteiger partial charge is 0.331 e. The molecule has 0 spiro atoms. The second-order valence-corrected chi connectivity index (χ2v) is 5.95. The highest BCUT2D eigenvalue weighted by atomic mass is 16.6. The molecule has 1 N–H and O–H groups in total. The SMILES string of the molecule is Cc1cc([N+](=O)[O-])ccc1NC(=O)COC(=O)/C=C/c1c(C)nn(C)c1C. The zero-order valence-electron chi connectivity index (χ0n) is 15.5. The van der Waals surface area contributed by atoms with Crippen LogP contribution in [0.15, 0.2) is 24.3 Å². The number of aromatic nitrogens is 2. The fourth-order valence-electron chi connectivity index (χ4n) is 2.46. The van der Waals surface area contributed by atoms with Gasteiger partial charge in [0, 0.05) is 42.2 Å². The van der Waals surface area contributed by atoms with Gasteiger partial charge in [-0.1, -0.05) is 0 Å². The Kier molecular flexibility index (Phi) is 6.07. The molecule has 1 aromatic carbocycles. The summed E-state index contributed by atoms with van der Waals surface area (Å²) in [7, 11) is 1.81. The van der Waals surface area contributed by atoms with E-state index in [1.807, 2.05) is 20.9 Å². The molecule has 1 amide bonds. The van der Waals surface area contributed by atoms with Gasteiger partial charge in [0.1, 0.15) is 0 Å². The van der Waals surface area contributed by atoms with Gasteiger partial charge in [-0.2, -0.15) is 5.10 Å². The Hall–Kier alpha value is -3.49. The standard InChI is InChI=1S/C18H20N4O5/c1-11-9-14(22(25)26)5-7-16(11)19-17(23)10-27-18(24)8-6-15-12(2)20-21(4)13(15)3/h5-9H,10H2,1-4H3,(H,19,23)/b8-6+. The van der Waals surface area contributed by atoms with Gasteiger partial charge >= 0.3 is 5.97 Å². The number of hydrogen-bond donors (Lipinski definition) is 1. The van der Waals surface area contributed by atoms with Gasteiger partial charge < -0.3 is 10.1 Å². The van der Waals surface area contributed by atoms with Crippen LogP contribution >= 0.6 is 0 Å². The van der Waals surface area contributed by atoms with Crippen LogP contribution in [0.2, 0.25) is 0 Å². The summed E-state index contributed by atoms with van der Waals surface area (Å²) in [5.41, 5.74) is 3.39. The van der Waals surface area contributed by atoms with Crippen LogP contribution in [0, 0.1) is 30.9 Å². The van der Waals surface area contributed by atoms with Crippen molar-refractivity contribution in [2.75, 3.05) is 11.9 Å². The molecular formula is C18H20N4O5. The number of benzene rings is 1. The van der Waals surface area contributed by atoms with Crippen molar-refractivity contribution in [1.29, 1.82) is 0 Å². The van der Waals surface area contributed by atoms with Crippen LogP contribution in [0.25, 0.3) is 6.08 Å². The molecule has 9 nitrogen and oxygen atoms in total. The van der Waals surface area contributed by atoms with Crippen LogP contribution in [0.5, 0.6) is 0 Å². The number of carbonyl (C=O) groups excluding carboxylic acids is 2. The largest absolute Gasteiger partial charge is 0.452 e. The molecule has 0 fully saturated rings. The van der Waals surface area contributed by atoms with Crippen molar-refractivity contribution in [3.05, 3.63) is 56.9 Å². The van der Waals surface area contributed by atoms with Crippen molar-refractivity contribution in [2.45, 2.75) is 20.8 Å². The molecule has 2 rings (SSSR count). The second kappa shape index (κ2) is 8.26. The number of anilines is 1. The summed E-state index contributed by atoms with van der Waals surface area (Å²) in [4.78, 5) is 33.9. The first-order valence-electron chi connectivity index (χ1n) is 8.09. The van der Waals surface area contributed by atoms with Gasteiger partial charge in [-0.15, -0.1) is 0 Å². The van der Waals surface area contributed by atoms with E-state index in [4.69, 9.17) is 4.74 Å². The minimum absolute atomic E-state index is 0.0666. The van der Waals surface area contributed by atoms with Crippen molar-refractivity contribution in [3.8, 4) is 0 Å². The Bertz CT molecular complexity index is 930. The van der Waals surface area contributed by atoms with Gasteiger partial charge in [-0.3, -0.25) is 19.6 Å². The summed E-state index contributed by atoms with van der Waals surface area (Å²) >= 11 is 0. The maximum absolute atomic E-state index is 11.9. The zero-order chi connectivity index (χ0) is 20.1. The van der Waals surface area contributed by atoms with Crippen LogP contribution in [-0.4, -0.2) is 33.2 Å². The zero-order valence-corrected chi connectivity index (χ0v) is 15.5. The molecule has 1 aromatic heterocycles. The van der Waals surface area contributed by atoms with E-state index >= 15 is 0 Å². The number of nitro benzene ring substituents is 1. The number of nitro groups is 1. The summed E-state index contributed by atoms with van der Waals surface area (Å²) in [6, 6.07) is 4.07. The molecule has 0 aliphatic heterocycles. The molecule has 0 bridgehead atoms. The molecule has 9 heteroatoms. The number of amides is 1. The lowest BCUT2D eigenvalue weighted by molar-refractivity contribution is -0.384. The topological polar surface area (TPSA) is 116 Å². The van der Waals surface area contributed by atoms with Crippen LogP contribution in [0.3, 0.4) is 0 Å². The van der Waals surface area contributed by atoms with Gasteiger partial charge in [-0.25, -0.2) is 4.79 Å². The van der Waals surface area contributed by atoms with E-state index < -0.39 is 23.4 Å². The summed E-state index contributed by atoms with van der Waals surface area (Å²) in [6.07, 6.45) is 2.83. The molecule has 1 heterocycles. The Morgan fingerprint density at radius 2 is 2.04 bits per heavy atom. The van der Waals surface area contributed by atoms with Crippen molar-refractivity contribution < 1.29 is 19.2 Å². The van der Waals surface area contributed by atoms with Crippen molar-refractivity contribution in [2.24, 2.45) is 7.05 Å². The first-order valence-corrected chi connectivity index (χ1v) is 8.09. The van der Waals surface area contributed by atoms with E-state index in [1.165, 1.54) is 24.3 Å². The van der Waals surface area contributed by atoms with Crippen LogP contribution in [0.4, 0.5) is 11.4 Å². The van der Waals surface area contributed by atoms with E-state index in [0.29, 0.717) is 11.3 Å². The Balaban J connectivity index is 1.91.